The first-order valence-electron chi connectivity index (χ1n) is 6.72. The van der Waals surface area contributed by atoms with E-state index in [1.807, 2.05) is 0 Å². The number of hydrogen-bond donors (Lipinski definition) is 0. The van der Waals surface area contributed by atoms with Gasteiger partial charge in [-0.2, -0.15) is 0 Å². The first kappa shape index (κ1) is 21.0. The average Bonchev–Trinajstić information content (AvgIpc) is 2.28. The molecule has 0 aliphatic carbocycles. The van der Waals surface area contributed by atoms with Crippen molar-refractivity contribution in [2.24, 2.45) is 0 Å². The fourth-order valence-electron chi connectivity index (χ4n) is 1.45. The van der Waals surface area contributed by atoms with E-state index in [4.69, 9.17) is 9.05 Å². The van der Waals surface area contributed by atoms with E-state index in [1.165, 1.54) is 0 Å². The molecule has 108 valence electrons. The second-order valence-electron chi connectivity index (χ2n) is 4.23. The fraction of sp³-hybridized carbons (Fsp3) is 1.00. The predicted octanol–water partition coefficient (Wildman–Crippen LogP) is 3.65. The maximum absolute atomic E-state index is 11.3. The van der Waals surface area contributed by atoms with Gasteiger partial charge in [0.1, 0.15) is 0 Å². The van der Waals surface area contributed by atoms with Crippen LogP contribution in [0.15, 0.2) is 0 Å². The Bertz CT molecular complexity index is 196. The molecular formula is C12H26CrO4P+. The van der Waals surface area contributed by atoms with Crippen LogP contribution in [0.2, 0.25) is 0 Å². The fourth-order valence-corrected chi connectivity index (χ4v) is 2.23. The SMILES string of the molecule is CCCCCCOP(=O)([O-])OCCCCCC.[Cr+2]. The molecule has 0 radical (unpaired) electrons. The Kier molecular flexibility index (Phi) is 16.4. The molecule has 6 heteroatoms. The van der Waals surface area contributed by atoms with Crippen LogP contribution in [0.25, 0.3) is 0 Å². The van der Waals surface area contributed by atoms with E-state index in [9.17, 15) is 9.46 Å². The van der Waals surface area contributed by atoms with Crippen molar-refractivity contribution in [3.63, 3.8) is 0 Å². The number of phosphoric acid groups is 1. The molecular weight excluding hydrogens is 291 g/mol. The molecule has 0 aliphatic rings. The second kappa shape index (κ2) is 14.1. The third kappa shape index (κ3) is 14.7. The van der Waals surface area contributed by atoms with E-state index in [0.29, 0.717) is 0 Å². The van der Waals surface area contributed by atoms with Gasteiger partial charge >= 0.3 is 17.4 Å². The molecule has 0 rings (SSSR count). The van der Waals surface area contributed by atoms with Crippen LogP contribution in [-0.2, 0) is 31.0 Å². The van der Waals surface area contributed by atoms with Gasteiger partial charge in [-0.15, -0.1) is 0 Å². The number of rotatable bonds is 12. The smallest absolute Gasteiger partial charge is 0.756 e. The van der Waals surface area contributed by atoms with Gasteiger partial charge < -0.3 is 13.9 Å². The van der Waals surface area contributed by atoms with Gasteiger partial charge in [0, 0.05) is 0 Å². The largest absolute Gasteiger partial charge is 2.00 e. The third-order valence-electron chi connectivity index (χ3n) is 2.49. The zero-order chi connectivity index (χ0) is 13.0. The molecule has 0 spiro atoms. The number of hydrogen-bond acceptors (Lipinski definition) is 4. The van der Waals surface area contributed by atoms with Crippen molar-refractivity contribution in [1.82, 2.24) is 0 Å². The van der Waals surface area contributed by atoms with Gasteiger partial charge in [0.15, 0.2) is 0 Å². The first-order valence-corrected chi connectivity index (χ1v) is 8.18. The zero-order valence-corrected chi connectivity index (χ0v) is 13.7. The summed E-state index contributed by atoms with van der Waals surface area (Å²) in [4.78, 5) is 11.3. The van der Waals surface area contributed by atoms with Crippen molar-refractivity contribution < 1.29 is 35.9 Å². The Morgan fingerprint density at radius 3 is 1.56 bits per heavy atom. The molecule has 0 saturated carbocycles. The molecule has 0 unspecified atom stereocenters. The van der Waals surface area contributed by atoms with E-state index in [1.54, 1.807) is 0 Å². The molecule has 0 heterocycles. The van der Waals surface area contributed by atoms with Crippen molar-refractivity contribution in [2.45, 2.75) is 65.2 Å². The minimum atomic E-state index is -4.04. The van der Waals surface area contributed by atoms with E-state index >= 15 is 0 Å². The summed E-state index contributed by atoms with van der Waals surface area (Å²) < 4.78 is 20.8. The van der Waals surface area contributed by atoms with Crippen molar-refractivity contribution in [1.29, 1.82) is 0 Å². The van der Waals surface area contributed by atoms with E-state index < -0.39 is 7.82 Å². The molecule has 0 amide bonds. The summed E-state index contributed by atoms with van der Waals surface area (Å²) in [5.74, 6) is 0. The van der Waals surface area contributed by atoms with Gasteiger partial charge in [-0.25, -0.2) is 0 Å². The Morgan fingerprint density at radius 1 is 0.833 bits per heavy atom. The summed E-state index contributed by atoms with van der Waals surface area (Å²) in [6.45, 7) is 4.71. The summed E-state index contributed by atoms with van der Waals surface area (Å²) in [5.41, 5.74) is 0. The van der Waals surface area contributed by atoms with Crippen LogP contribution in [0.4, 0.5) is 0 Å². The van der Waals surface area contributed by atoms with Crippen LogP contribution >= 0.6 is 7.82 Å². The minimum absolute atomic E-state index is 0. The summed E-state index contributed by atoms with van der Waals surface area (Å²) in [7, 11) is -4.04. The van der Waals surface area contributed by atoms with Gasteiger partial charge in [-0.1, -0.05) is 52.4 Å². The van der Waals surface area contributed by atoms with Crippen LogP contribution in [0.3, 0.4) is 0 Å². The zero-order valence-electron chi connectivity index (χ0n) is 11.6. The minimum Gasteiger partial charge on any atom is -0.756 e. The van der Waals surface area contributed by atoms with Gasteiger partial charge in [0.25, 0.3) is 7.82 Å². The molecule has 0 aromatic rings. The summed E-state index contributed by atoms with van der Waals surface area (Å²) >= 11 is 0. The molecule has 0 aromatic heterocycles. The maximum atomic E-state index is 11.3. The summed E-state index contributed by atoms with van der Waals surface area (Å²) in [6, 6.07) is 0. The maximum Gasteiger partial charge on any atom is 2.00 e. The molecule has 0 fully saturated rings. The van der Waals surface area contributed by atoms with Crippen LogP contribution in [0.5, 0.6) is 0 Å². The molecule has 0 atom stereocenters. The third-order valence-corrected chi connectivity index (χ3v) is 3.49. The van der Waals surface area contributed by atoms with E-state index in [0.717, 1.165) is 51.4 Å². The van der Waals surface area contributed by atoms with Gasteiger partial charge in [-0.05, 0) is 12.8 Å². The molecule has 0 aliphatic heterocycles. The Hall–Kier alpha value is 0.642. The molecule has 0 N–H and O–H groups in total. The van der Waals surface area contributed by atoms with Gasteiger partial charge in [0.05, 0.1) is 13.2 Å². The van der Waals surface area contributed by atoms with Gasteiger partial charge in [0.2, 0.25) is 0 Å². The monoisotopic (exact) mass is 317 g/mol. The standard InChI is InChI=1S/C12H27O4P.Cr/c1-3-5-7-9-11-15-17(13,14)16-12-10-8-6-4-2;/h3-12H2,1-2H3,(H,13,14);/q;+2/p-1. The molecule has 18 heavy (non-hydrogen) atoms. The predicted molar refractivity (Wildman–Crippen MR) is 67.8 cm³/mol. The molecule has 0 saturated heterocycles. The Labute approximate surface area is 122 Å². The second-order valence-corrected chi connectivity index (χ2v) is 5.65. The van der Waals surface area contributed by atoms with Crippen LogP contribution in [0.1, 0.15) is 65.2 Å². The van der Waals surface area contributed by atoms with E-state index in [-0.39, 0.29) is 30.6 Å². The Morgan fingerprint density at radius 2 is 1.22 bits per heavy atom. The van der Waals surface area contributed by atoms with Crippen LogP contribution in [0, 0.1) is 0 Å². The van der Waals surface area contributed by atoms with E-state index in [2.05, 4.69) is 13.8 Å². The molecule has 0 aromatic carbocycles. The number of unbranched alkanes of at least 4 members (excludes halogenated alkanes) is 6. The average molecular weight is 317 g/mol. The molecule has 0 bridgehead atoms. The van der Waals surface area contributed by atoms with Crippen LogP contribution in [-0.4, -0.2) is 13.2 Å². The van der Waals surface area contributed by atoms with Gasteiger partial charge in [-0.3, -0.25) is 4.57 Å². The summed E-state index contributed by atoms with van der Waals surface area (Å²) in [5, 5.41) is 0. The molecule has 4 nitrogen and oxygen atoms in total. The van der Waals surface area contributed by atoms with Crippen molar-refractivity contribution in [3.05, 3.63) is 0 Å². The Balaban J connectivity index is 0. The quantitative estimate of drug-likeness (QED) is 0.407. The topological polar surface area (TPSA) is 58.6 Å². The van der Waals surface area contributed by atoms with Crippen LogP contribution < -0.4 is 4.89 Å². The first-order chi connectivity index (χ1) is 8.12. The summed E-state index contributed by atoms with van der Waals surface area (Å²) in [6.07, 6.45) is 8.05. The van der Waals surface area contributed by atoms with Crippen molar-refractivity contribution in [2.75, 3.05) is 13.2 Å². The van der Waals surface area contributed by atoms with Crippen molar-refractivity contribution in [3.8, 4) is 0 Å². The number of phosphoric ester groups is 1. The normalized spacial score (nSPS) is 11.3. The van der Waals surface area contributed by atoms with Crippen molar-refractivity contribution >= 4 is 7.82 Å².